The number of rotatable bonds is 4. The Bertz CT molecular complexity index is 882. The number of morpholine rings is 1. The van der Waals surface area contributed by atoms with Gasteiger partial charge in [0.1, 0.15) is 12.6 Å². The van der Waals surface area contributed by atoms with Crippen LogP contribution in [0.1, 0.15) is 18.0 Å². The summed E-state index contributed by atoms with van der Waals surface area (Å²) < 4.78 is 46.3. The van der Waals surface area contributed by atoms with Gasteiger partial charge in [0.15, 0.2) is 0 Å². The fourth-order valence-electron chi connectivity index (χ4n) is 4.35. The van der Waals surface area contributed by atoms with Crippen LogP contribution in [-0.4, -0.2) is 79.4 Å². The minimum absolute atomic E-state index is 0.0378. The topological polar surface area (TPSA) is 73.9 Å². The molecule has 3 atom stereocenters. The second-order valence-electron chi connectivity index (χ2n) is 8.36. The largest absolute Gasteiger partial charge is 0.407 e. The Kier molecular flexibility index (Phi) is 6.76. The quantitative estimate of drug-likeness (QED) is 0.674. The number of alkyl halides is 3. The van der Waals surface area contributed by atoms with Crippen molar-refractivity contribution in [1.82, 2.24) is 20.4 Å². The average molecular weight is 495 g/mol. The van der Waals surface area contributed by atoms with Crippen molar-refractivity contribution in [1.29, 1.82) is 0 Å². The van der Waals surface area contributed by atoms with Crippen LogP contribution in [0.2, 0.25) is 10.0 Å². The number of likely N-dealkylation sites (tertiary alicyclic amines) is 2. The van der Waals surface area contributed by atoms with Crippen LogP contribution in [0.15, 0.2) is 18.2 Å². The van der Waals surface area contributed by atoms with Gasteiger partial charge in [0, 0.05) is 48.7 Å². The number of carbonyl (C=O) groups excluding carboxylic acids is 2. The molecule has 0 bridgehead atoms. The summed E-state index contributed by atoms with van der Waals surface area (Å²) in [7, 11) is 0. The third-order valence-corrected chi connectivity index (χ3v) is 6.60. The Balaban J connectivity index is 1.28. The summed E-state index contributed by atoms with van der Waals surface area (Å²) >= 11 is 11.8. The van der Waals surface area contributed by atoms with Gasteiger partial charge in [-0.2, -0.15) is 13.2 Å². The Morgan fingerprint density at radius 2 is 2.00 bits per heavy atom. The van der Waals surface area contributed by atoms with E-state index in [4.69, 9.17) is 27.9 Å². The Morgan fingerprint density at radius 3 is 2.69 bits per heavy atom. The maximum atomic E-state index is 13.6. The lowest BCUT2D eigenvalue weighted by molar-refractivity contribution is -0.158. The molecule has 3 amide bonds. The van der Waals surface area contributed by atoms with Crippen molar-refractivity contribution in [2.24, 2.45) is 5.92 Å². The molecule has 0 aliphatic carbocycles. The van der Waals surface area contributed by atoms with E-state index in [0.717, 1.165) is 0 Å². The van der Waals surface area contributed by atoms with Crippen molar-refractivity contribution in [3.63, 3.8) is 0 Å². The number of carbonyl (C=O) groups is 2. The summed E-state index contributed by atoms with van der Waals surface area (Å²) in [5.74, 6) is -0.305. The van der Waals surface area contributed by atoms with E-state index >= 15 is 0 Å². The molecule has 2 N–H and O–H groups in total. The molecule has 3 heterocycles. The zero-order chi connectivity index (χ0) is 23.0. The third kappa shape index (κ3) is 5.08. The molecule has 3 aliphatic rings. The van der Waals surface area contributed by atoms with Crippen molar-refractivity contribution in [2.45, 2.75) is 30.8 Å². The second kappa shape index (κ2) is 9.24. The number of urea groups is 1. The predicted molar refractivity (Wildman–Crippen MR) is 112 cm³/mol. The summed E-state index contributed by atoms with van der Waals surface area (Å²) in [4.78, 5) is 27.5. The molecule has 1 aromatic rings. The smallest absolute Gasteiger partial charge is 0.366 e. The van der Waals surface area contributed by atoms with E-state index in [1.165, 1.54) is 18.2 Å². The van der Waals surface area contributed by atoms with Gasteiger partial charge in [0.05, 0.1) is 12.1 Å². The van der Waals surface area contributed by atoms with Crippen molar-refractivity contribution >= 4 is 35.1 Å². The van der Waals surface area contributed by atoms with E-state index in [-0.39, 0.29) is 58.8 Å². The van der Waals surface area contributed by atoms with Gasteiger partial charge in [-0.1, -0.05) is 29.3 Å². The first-order valence-corrected chi connectivity index (χ1v) is 11.1. The molecule has 0 saturated carbocycles. The van der Waals surface area contributed by atoms with Gasteiger partial charge < -0.3 is 25.2 Å². The molecule has 3 fully saturated rings. The second-order valence-corrected chi connectivity index (χ2v) is 9.20. The molecule has 0 aromatic heterocycles. The molecule has 3 saturated heterocycles. The summed E-state index contributed by atoms with van der Waals surface area (Å²) in [5, 5.41) is 5.60. The van der Waals surface area contributed by atoms with Gasteiger partial charge in [-0.25, -0.2) is 4.79 Å². The van der Waals surface area contributed by atoms with Gasteiger partial charge >= 0.3 is 12.2 Å². The molecule has 176 valence electrons. The van der Waals surface area contributed by atoms with Crippen LogP contribution >= 0.6 is 23.2 Å². The highest BCUT2D eigenvalue weighted by atomic mass is 35.5. The minimum atomic E-state index is -4.53. The van der Waals surface area contributed by atoms with Gasteiger partial charge in [-0.3, -0.25) is 4.79 Å². The van der Waals surface area contributed by atoms with E-state index in [0.29, 0.717) is 32.6 Å². The molecule has 4 rings (SSSR count). The summed E-state index contributed by atoms with van der Waals surface area (Å²) in [6.45, 7) is 1.72. The van der Waals surface area contributed by atoms with Gasteiger partial charge in [0.2, 0.25) is 5.91 Å². The lowest BCUT2D eigenvalue weighted by Gasteiger charge is -2.46. The monoisotopic (exact) mass is 494 g/mol. The van der Waals surface area contributed by atoms with E-state index < -0.39 is 12.2 Å². The van der Waals surface area contributed by atoms with Crippen LogP contribution in [0.4, 0.5) is 18.0 Å². The predicted octanol–water partition coefficient (Wildman–Crippen LogP) is 2.83. The number of amides is 3. The van der Waals surface area contributed by atoms with Gasteiger partial charge in [-0.05, 0) is 24.1 Å². The fourth-order valence-corrected chi connectivity index (χ4v) is 4.87. The molecule has 32 heavy (non-hydrogen) atoms. The number of piperidine rings is 1. The fraction of sp³-hybridized carbons (Fsp3) is 0.600. The number of hydrogen-bond donors (Lipinski definition) is 2. The first-order chi connectivity index (χ1) is 15.1. The standard InChI is InChI=1S/C20H23Cl2F3N4O3/c21-12-1-2-13(14(22)5-12)18(20(23,24)25)26-6-11-7-29(8-11)19(31)28-4-3-16-15(9-28)27-17(30)10-32-16/h1-2,5,11,15-16,18,26H,3-4,6-10H2,(H,27,30)/t15-,16?,18?/m1/s1. The van der Waals surface area contributed by atoms with Crippen LogP contribution in [-0.2, 0) is 9.53 Å². The molecular weight excluding hydrogens is 472 g/mol. The SMILES string of the molecule is O=C1COC2CCN(C(=O)N3CC(CNC(c4ccc(Cl)cc4Cl)C(F)(F)F)C3)C[C@H]2N1. The molecule has 7 nitrogen and oxygen atoms in total. The highest BCUT2D eigenvalue weighted by Crippen LogP contribution is 2.37. The zero-order valence-electron chi connectivity index (χ0n) is 17.0. The van der Waals surface area contributed by atoms with Crippen LogP contribution in [0, 0.1) is 5.92 Å². The molecule has 1 aromatic carbocycles. The zero-order valence-corrected chi connectivity index (χ0v) is 18.5. The first-order valence-electron chi connectivity index (χ1n) is 10.3. The van der Waals surface area contributed by atoms with Crippen molar-refractivity contribution in [2.75, 3.05) is 39.3 Å². The van der Waals surface area contributed by atoms with Crippen molar-refractivity contribution in [3.8, 4) is 0 Å². The lowest BCUT2D eigenvalue weighted by atomic mass is 9.97. The van der Waals surface area contributed by atoms with E-state index in [1.807, 2.05) is 0 Å². The van der Waals surface area contributed by atoms with Crippen molar-refractivity contribution in [3.05, 3.63) is 33.8 Å². The molecule has 2 unspecified atom stereocenters. The lowest BCUT2D eigenvalue weighted by Crippen LogP contribution is -2.64. The molecule has 0 spiro atoms. The van der Waals surface area contributed by atoms with Gasteiger partial charge in [0.25, 0.3) is 0 Å². The summed E-state index contributed by atoms with van der Waals surface area (Å²) in [6, 6.07) is 1.59. The molecule has 0 radical (unpaired) electrons. The minimum Gasteiger partial charge on any atom is -0.366 e. The summed E-state index contributed by atoms with van der Waals surface area (Å²) in [6.07, 6.45) is -4.00. The maximum absolute atomic E-state index is 13.6. The number of benzene rings is 1. The third-order valence-electron chi connectivity index (χ3n) is 6.03. The highest BCUT2D eigenvalue weighted by Gasteiger charge is 2.44. The van der Waals surface area contributed by atoms with E-state index in [9.17, 15) is 22.8 Å². The average Bonchev–Trinajstić information content (AvgIpc) is 2.68. The normalized spacial score (nSPS) is 25.1. The van der Waals surface area contributed by atoms with E-state index in [1.54, 1.807) is 9.80 Å². The number of fused-ring (bicyclic) bond motifs is 1. The molecule has 12 heteroatoms. The maximum Gasteiger partial charge on any atom is 0.407 e. The Hall–Kier alpha value is -1.75. The summed E-state index contributed by atoms with van der Waals surface area (Å²) in [5.41, 5.74) is -0.0876. The van der Waals surface area contributed by atoms with Crippen molar-refractivity contribution < 1.29 is 27.5 Å². The van der Waals surface area contributed by atoms with Gasteiger partial charge in [-0.15, -0.1) is 0 Å². The number of halogens is 5. The number of nitrogens with zero attached hydrogens (tertiary/aromatic N) is 2. The van der Waals surface area contributed by atoms with Crippen LogP contribution < -0.4 is 10.6 Å². The number of ether oxygens (including phenoxy) is 1. The first kappa shape index (κ1) is 23.4. The Labute approximate surface area is 193 Å². The molecule has 3 aliphatic heterocycles. The Morgan fingerprint density at radius 1 is 1.25 bits per heavy atom. The van der Waals surface area contributed by atoms with E-state index in [2.05, 4.69) is 10.6 Å². The number of hydrogen-bond acceptors (Lipinski definition) is 4. The van der Waals surface area contributed by atoms with Crippen LogP contribution in [0.3, 0.4) is 0 Å². The molecular formula is C20H23Cl2F3N4O3. The number of nitrogens with one attached hydrogen (secondary N) is 2. The van der Waals surface area contributed by atoms with Crippen LogP contribution in [0.25, 0.3) is 0 Å². The van der Waals surface area contributed by atoms with Crippen LogP contribution in [0.5, 0.6) is 0 Å². The highest BCUT2D eigenvalue weighted by molar-refractivity contribution is 6.35.